The molecular weight excluding hydrogens is 300 g/mol. The number of H-pyrrole nitrogens is 1. The SMILES string of the molecule is CCSC1CCCC1NS(=O)(=O)c1c[nH]c(C(=O)O)c1. The largest absolute Gasteiger partial charge is 0.477 e. The molecule has 0 aliphatic heterocycles. The van der Waals surface area contributed by atoms with Crippen LogP contribution < -0.4 is 4.72 Å². The van der Waals surface area contributed by atoms with E-state index in [1.807, 2.05) is 0 Å². The predicted octanol–water partition coefficient (Wildman–Crippen LogP) is 1.67. The van der Waals surface area contributed by atoms with Gasteiger partial charge >= 0.3 is 5.97 Å². The summed E-state index contributed by atoms with van der Waals surface area (Å²) < 4.78 is 27.2. The number of carboxylic acids is 1. The standard InChI is InChI=1S/C12H18N2O4S2/c1-2-19-11-5-3-4-9(11)14-20(17,18)8-6-10(12(15)16)13-7-8/h6-7,9,11,13-14H,2-5H2,1H3,(H,15,16). The smallest absolute Gasteiger partial charge is 0.352 e. The van der Waals surface area contributed by atoms with Crippen LogP contribution in [-0.4, -0.2) is 41.5 Å². The highest BCUT2D eigenvalue weighted by molar-refractivity contribution is 8.00. The highest BCUT2D eigenvalue weighted by Crippen LogP contribution is 2.30. The number of aromatic amines is 1. The lowest BCUT2D eigenvalue weighted by Crippen LogP contribution is -2.38. The Hall–Kier alpha value is -0.990. The summed E-state index contributed by atoms with van der Waals surface area (Å²) in [5.41, 5.74) is -0.128. The van der Waals surface area contributed by atoms with Crippen molar-refractivity contribution in [1.82, 2.24) is 9.71 Å². The van der Waals surface area contributed by atoms with Gasteiger partial charge in [0, 0.05) is 17.5 Å². The molecule has 0 amide bonds. The molecule has 1 saturated carbocycles. The van der Waals surface area contributed by atoms with Crippen LogP contribution in [0.1, 0.15) is 36.7 Å². The van der Waals surface area contributed by atoms with Crippen molar-refractivity contribution in [3.63, 3.8) is 0 Å². The van der Waals surface area contributed by atoms with Crippen molar-refractivity contribution in [3.05, 3.63) is 18.0 Å². The summed E-state index contributed by atoms with van der Waals surface area (Å²) in [5.74, 6) is -0.220. The zero-order valence-corrected chi connectivity index (χ0v) is 12.8. The second kappa shape index (κ2) is 6.19. The predicted molar refractivity (Wildman–Crippen MR) is 77.6 cm³/mol. The van der Waals surface area contributed by atoms with E-state index < -0.39 is 16.0 Å². The van der Waals surface area contributed by atoms with Crippen molar-refractivity contribution in [1.29, 1.82) is 0 Å². The van der Waals surface area contributed by atoms with E-state index in [0.717, 1.165) is 31.1 Å². The quantitative estimate of drug-likeness (QED) is 0.741. The molecule has 0 saturated heterocycles. The lowest BCUT2D eigenvalue weighted by Gasteiger charge is -2.19. The summed E-state index contributed by atoms with van der Waals surface area (Å²) >= 11 is 1.76. The summed E-state index contributed by atoms with van der Waals surface area (Å²) in [5, 5.41) is 9.11. The average molecular weight is 318 g/mol. The first-order valence-electron chi connectivity index (χ1n) is 6.49. The first-order valence-corrected chi connectivity index (χ1v) is 9.03. The molecule has 2 unspecified atom stereocenters. The maximum Gasteiger partial charge on any atom is 0.352 e. The third-order valence-electron chi connectivity index (χ3n) is 3.34. The Kier molecular flexibility index (Phi) is 4.77. The maximum atomic E-state index is 12.2. The fraction of sp³-hybridized carbons (Fsp3) is 0.583. The van der Waals surface area contributed by atoms with Crippen LogP contribution in [0.25, 0.3) is 0 Å². The molecule has 3 N–H and O–H groups in total. The Morgan fingerprint density at radius 2 is 2.30 bits per heavy atom. The molecule has 112 valence electrons. The second-order valence-corrected chi connectivity index (χ2v) is 7.94. The Balaban J connectivity index is 2.12. The zero-order chi connectivity index (χ0) is 14.8. The number of carboxylic acid groups (broad SMARTS) is 1. The van der Waals surface area contributed by atoms with Gasteiger partial charge in [0.1, 0.15) is 10.6 Å². The molecule has 6 nitrogen and oxygen atoms in total. The normalized spacial score (nSPS) is 23.1. The van der Waals surface area contributed by atoms with Crippen molar-refractivity contribution < 1.29 is 18.3 Å². The number of nitrogens with one attached hydrogen (secondary N) is 2. The van der Waals surface area contributed by atoms with Crippen LogP contribution in [0, 0.1) is 0 Å². The molecule has 1 aromatic rings. The summed E-state index contributed by atoms with van der Waals surface area (Å²) in [7, 11) is -3.67. The van der Waals surface area contributed by atoms with Crippen molar-refractivity contribution in [2.24, 2.45) is 0 Å². The van der Waals surface area contributed by atoms with Crippen molar-refractivity contribution in [2.45, 2.75) is 42.4 Å². The van der Waals surface area contributed by atoms with Gasteiger partial charge in [-0.25, -0.2) is 17.9 Å². The first-order chi connectivity index (χ1) is 9.44. The van der Waals surface area contributed by atoms with Crippen LogP contribution in [-0.2, 0) is 10.0 Å². The second-order valence-electron chi connectivity index (χ2n) is 4.71. The van der Waals surface area contributed by atoms with E-state index in [1.54, 1.807) is 11.8 Å². The van der Waals surface area contributed by atoms with Gasteiger partial charge in [0.15, 0.2) is 0 Å². The molecule has 0 aromatic carbocycles. The van der Waals surface area contributed by atoms with E-state index in [1.165, 1.54) is 6.20 Å². The molecule has 0 radical (unpaired) electrons. The van der Waals surface area contributed by atoms with Crippen LogP contribution in [0.2, 0.25) is 0 Å². The minimum Gasteiger partial charge on any atom is -0.477 e. The van der Waals surface area contributed by atoms with E-state index >= 15 is 0 Å². The van der Waals surface area contributed by atoms with Gasteiger partial charge in [-0.05, 0) is 24.7 Å². The van der Waals surface area contributed by atoms with E-state index in [-0.39, 0.29) is 16.6 Å². The molecule has 2 rings (SSSR count). The lowest BCUT2D eigenvalue weighted by atomic mass is 10.3. The number of aromatic nitrogens is 1. The van der Waals surface area contributed by atoms with Crippen LogP contribution in [0.3, 0.4) is 0 Å². The summed E-state index contributed by atoms with van der Waals surface area (Å²) in [4.78, 5) is 13.2. The Labute approximate surface area is 122 Å². The topological polar surface area (TPSA) is 99.3 Å². The summed E-state index contributed by atoms with van der Waals surface area (Å²) in [6.07, 6.45) is 4.06. The monoisotopic (exact) mass is 318 g/mol. The zero-order valence-electron chi connectivity index (χ0n) is 11.1. The van der Waals surface area contributed by atoms with Gasteiger partial charge in [0.2, 0.25) is 10.0 Å². The van der Waals surface area contributed by atoms with Crippen LogP contribution in [0.5, 0.6) is 0 Å². The Morgan fingerprint density at radius 3 is 2.90 bits per heavy atom. The minimum absolute atomic E-state index is 0.0259. The van der Waals surface area contributed by atoms with Crippen LogP contribution in [0.4, 0.5) is 0 Å². The number of thioether (sulfide) groups is 1. The van der Waals surface area contributed by atoms with Crippen molar-refractivity contribution in [3.8, 4) is 0 Å². The third-order valence-corrected chi connectivity index (χ3v) is 6.13. The fourth-order valence-corrected chi connectivity index (χ4v) is 4.98. The molecule has 1 aliphatic carbocycles. The molecule has 1 fully saturated rings. The molecule has 1 aromatic heterocycles. The van der Waals surface area contributed by atoms with Gasteiger partial charge in [0.25, 0.3) is 0 Å². The fourth-order valence-electron chi connectivity index (χ4n) is 2.39. The Bertz CT molecular complexity index is 582. The minimum atomic E-state index is -3.67. The van der Waals surface area contributed by atoms with Crippen molar-refractivity contribution in [2.75, 3.05) is 5.75 Å². The molecule has 0 spiro atoms. The number of hydrogen-bond donors (Lipinski definition) is 3. The maximum absolute atomic E-state index is 12.2. The van der Waals surface area contributed by atoms with Crippen molar-refractivity contribution >= 4 is 27.8 Å². The molecule has 8 heteroatoms. The van der Waals surface area contributed by atoms with Gasteiger partial charge in [-0.15, -0.1) is 0 Å². The third kappa shape index (κ3) is 3.36. The highest BCUT2D eigenvalue weighted by atomic mass is 32.2. The summed E-state index contributed by atoms with van der Waals surface area (Å²) in [6.45, 7) is 2.06. The van der Waals surface area contributed by atoms with Gasteiger partial charge in [0.05, 0.1) is 0 Å². The van der Waals surface area contributed by atoms with Gasteiger partial charge in [-0.3, -0.25) is 0 Å². The molecule has 1 heterocycles. The number of rotatable bonds is 6. The number of aromatic carboxylic acids is 1. The van der Waals surface area contributed by atoms with Gasteiger partial charge < -0.3 is 10.1 Å². The van der Waals surface area contributed by atoms with Crippen LogP contribution in [0.15, 0.2) is 17.2 Å². The average Bonchev–Trinajstić information content (AvgIpc) is 2.99. The number of hydrogen-bond acceptors (Lipinski definition) is 4. The van der Waals surface area contributed by atoms with Crippen LogP contribution >= 0.6 is 11.8 Å². The highest BCUT2D eigenvalue weighted by Gasteiger charge is 2.31. The lowest BCUT2D eigenvalue weighted by molar-refractivity contribution is 0.0691. The van der Waals surface area contributed by atoms with E-state index in [4.69, 9.17) is 5.11 Å². The number of carbonyl (C=O) groups is 1. The molecule has 20 heavy (non-hydrogen) atoms. The first kappa shape index (κ1) is 15.4. The molecule has 1 aliphatic rings. The van der Waals surface area contributed by atoms with Gasteiger partial charge in [-0.2, -0.15) is 11.8 Å². The van der Waals surface area contributed by atoms with E-state index in [9.17, 15) is 13.2 Å². The van der Waals surface area contributed by atoms with E-state index in [2.05, 4.69) is 16.6 Å². The number of sulfonamides is 1. The molecule has 2 atom stereocenters. The van der Waals surface area contributed by atoms with E-state index in [0.29, 0.717) is 5.25 Å². The molecule has 0 bridgehead atoms. The van der Waals surface area contributed by atoms with Gasteiger partial charge in [-0.1, -0.05) is 13.3 Å². The Morgan fingerprint density at radius 1 is 1.55 bits per heavy atom. The summed E-state index contributed by atoms with van der Waals surface area (Å²) in [6, 6.07) is 1.06. The molecular formula is C12H18N2O4S2.